The number of likely N-dealkylation sites (N-methyl/N-ethyl adjacent to an activating group) is 1. The van der Waals surface area contributed by atoms with Crippen LogP contribution in [0.4, 0.5) is 0 Å². The van der Waals surface area contributed by atoms with E-state index < -0.39 is 0 Å². The quantitative estimate of drug-likeness (QED) is 0.921. The van der Waals surface area contributed by atoms with Gasteiger partial charge in [0.1, 0.15) is 0 Å². The Morgan fingerprint density at radius 2 is 2.20 bits per heavy atom. The Kier molecular flexibility index (Phi) is 4.78. The van der Waals surface area contributed by atoms with Crippen molar-refractivity contribution in [2.75, 3.05) is 7.05 Å². The van der Waals surface area contributed by atoms with Gasteiger partial charge < -0.3 is 5.32 Å². The molecule has 0 spiro atoms. The number of nitrogens with one attached hydrogen (secondary N) is 1. The fourth-order valence-corrected chi connectivity index (χ4v) is 2.80. The summed E-state index contributed by atoms with van der Waals surface area (Å²) < 4.78 is 1.88. The molecule has 1 atom stereocenters. The van der Waals surface area contributed by atoms with E-state index in [1.807, 2.05) is 31.0 Å². The van der Waals surface area contributed by atoms with Gasteiger partial charge in [0.15, 0.2) is 0 Å². The van der Waals surface area contributed by atoms with Gasteiger partial charge in [-0.05, 0) is 32.0 Å². The Balaban J connectivity index is 2.32. The number of aryl methyl sites for hydroxylation is 3. The summed E-state index contributed by atoms with van der Waals surface area (Å²) >= 11 is 6.43. The maximum absolute atomic E-state index is 6.43. The molecule has 2 aromatic heterocycles. The molecule has 4 nitrogen and oxygen atoms in total. The zero-order chi connectivity index (χ0) is 14.7. The van der Waals surface area contributed by atoms with Crippen LogP contribution in [-0.2, 0) is 19.9 Å². The van der Waals surface area contributed by atoms with E-state index in [-0.39, 0.29) is 6.04 Å². The summed E-state index contributed by atoms with van der Waals surface area (Å²) in [5.74, 6) is 0. The van der Waals surface area contributed by atoms with Gasteiger partial charge in [0, 0.05) is 19.7 Å². The average Bonchev–Trinajstić information content (AvgIpc) is 2.72. The van der Waals surface area contributed by atoms with Gasteiger partial charge in [-0.2, -0.15) is 5.10 Å². The van der Waals surface area contributed by atoms with Gasteiger partial charge in [0.25, 0.3) is 0 Å². The molecule has 0 aliphatic carbocycles. The molecule has 0 bridgehead atoms. The molecule has 2 heterocycles. The molecule has 2 rings (SSSR count). The Labute approximate surface area is 125 Å². The van der Waals surface area contributed by atoms with Crippen molar-refractivity contribution in [1.29, 1.82) is 0 Å². The highest BCUT2D eigenvalue weighted by Gasteiger charge is 2.20. The lowest BCUT2D eigenvalue weighted by atomic mass is 10.0. The summed E-state index contributed by atoms with van der Waals surface area (Å²) in [5.41, 5.74) is 4.25. The van der Waals surface area contributed by atoms with Crippen LogP contribution in [0.3, 0.4) is 0 Å². The van der Waals surface area contributed by atoms with Crippen molar-refractivity contribution in [2.45, 2.75) is 32.7 Å². The molecule has 0 saturated heterocycles. The third kappa shape index (κ3) is 2.86. The Bertz CT molecular complexity index is 592. The third-order valence-corrected chi connectivity index (χ3v) is 4.07. The molecule has 108 valence electrons. The molecule has 20 heavy (non-hydrogen) atoms. The Morgan fingerprint density at radius 3 is 2.75 bits per heavy atom. The first-order valence-electron chi connectivity index (χ1n) is 6.87. The fourth-order valence-electron chi connectivity index (χ4n) is 2.43. The number of aromatic nitrogens is 3. The highest BCUT2D eigenvalue weighted by Crippen LogP contribution is 2.26. The van der Waals surface area contributed by atoms with E-state index in [1.165, 1.54) is 5.56 Å². The van der Waals surface area contributed by atoms with Crippen LogP contribution in [0, 0.1) is 6.92 Å². The van der Waals surface area contributed by atoms with E-state index in [2.05, 4.69) is 35.3 Å². The molecule has 5 heteroatoms. The number of nitrogens with zero attached hydrogens (tertiary/aromatic N) is 3. The van der Waals surface area contributed by atoms with Crippen LogP contribution < -0.4 is 5.32 Å². The summed E-state index contributed by atoms with van der Waals surface area (Å²) in [6.45, 7) is 4.14. The first kappa shape index (κ1) is 15.0. The highest BCUT2D eigenvalue weighted by atomic mass is 35.5. The molecule has 0 saturated carbocycles. The van der Waals surface area contributed by atoms with Gasteiger partial charge in [0.2, 0.25) is 0 Å². The average molecular weight is 293 g/mol. The lowest BCUT2D eigenvalue weighted by Crippen LogP contribution is -2.22. The van der Waals surface area contributed by atoms with Gasteiger partial charge in [-0.15, -0.1) is 0 Å². The van der Waals surface area contributed by atoms with E-state index in [1.54, 1.807) is 0 Å². The summed E-state index contributed by atoms with van der Waals surface area (Å²) in [6, 6.07) is 4.17. The molecule has 1 N–H and O–H groups in total. The van der Waals surface area contributed by atoms with Crippen LogP contribution in [0.25, 0.3) is 0 Å². The van der Waals surface area contributed by atoms with Crippen LogP contribution in [0.5, 0.6) is 0 Å². The minimum Gasteiger partial charge on any atom is -0.311 e. The number of halogens is 1. The van der Waals surface area contributed by atoms with Gasteiger partial charge in [0.05, 0.1) is 28.1 Å². The van der Waals surface area contributed by atoms with Crippen molar-refractivity contribution in [3.8, 4) is 0 Å². The predicted octanol–water partition coefficient (Wildman–Crippen LogP) is 2.84. The zero-order valence-corrected chi connectivity index (χ0v) is 13.2. The second-order valence-electron chi connectivity index (χ2n) is 4.94. The molecule has 2 aromatic rings. The second kappa shape index (κ2) is 6.37. The van der Waals surface area contributed by atoms with Crippen molar-refractivity contribution >= 4 is 11.6 Å². The van der Waals surface area contributed by atoms with Crippen LogP contribution in [-0.4, -0.2) is 21.8 Å². The normalized spacial score (nSPS) is 12.7. The smallest absolute Gasteiger partial charge is 0.0850 e. The van der Waals surface area contributed by atoms with E-state index in [0.29, 0.717) is 0 Å². The van der Waals surface area contributed by atoms with E-state index in [4.69, 9.17) is 11.6 Å². The molecule has 1 unspecified atom stereocenters. The lowest BCUT2D eigenvalue weighted by molar-refractivity contribution is 0.546. The van der Waals surface area contributed by atoms with Gasteiger partial charge in [-0.3, -0.25) is 9.67 Å². The maximum atomic E-state index is 6.43. The van der Waals surface area contributed by atoms with Crippen LogP contribution >= 0.6 is 11.6 Å². The molecule has 0 aliphatic rings. The summed E-state index contributed by atoms with van der Waals surface area (Å²) in [4.78, 5) is 4.50. The maximum Gasteiger partial charge on any atom is 0.0850 e. The van der Waals surface area contributed by atoms with E-state index in [0.717, 1.165) is 34.9 Å². The van der Waals surface area contributed by atoms with Crippen molar-refractivity contribution in [3.63, 3.8) is 0 Å². The molecule has 0 aliphatic heterocycles. The summed E-state index contributed by atoms with van der Waals surface area (Å²) in [6.07, 6.45) is 3.45. The van der Waals surface area contributed by atoms with Gasteiger partial charge in [-0.25, -0.2) is 0 Å². The number of rotatable bonds is 5. The second-order valence-corrected chi connectivity index (χ2v) is 5.31. The number of pyridine rings is 1. The lowest BCUT2D eigenvalue weighted by Gasteiger charge is -2.18. The SMILES string of the molecule is CCc1nn(C)c(CC(NC)c2ncccc2C)c1Cl. The van der Waals surface area contributed by atoms with E-state index >= 15 is 0 Å². The molecular weight excluding hydrogens is 272 g/mol. The molecule has 0 radical (unpaired) electrons. The third-order valence-electron chi connectivity index (χ3n) is 3.63. The first-order valence-corrected chi connectivity index (χ1v) is 7.25. The molecular formula is C15H21ClN4. The van der Waals surface area contributed by atoms with Gasteiger partial charge >= 0.3 is 0 Å². The summed E-state index contributed by atoms with van der Waals surface area (Å²) in [5, 5.41) is 8.58. The summed E-state index contributed by atoms with van der Waals surface area (Å²) in [7, 11) is 3.89. The Morgan fingerprint density at radius 1 is 1.45 bits per heavy atom. The van der Waals surface area contributed by atoms with Crippen molar-refractivity contribution in [1.82, 2.24) is 20.1 Å². The highest BCUT2D eigenvalue weighted by molar-refractivity contribution is 6.31. The topological polar surface area (TPSA) is 42.7 Å². The number of hydrogen-bond donors (Lipinski definition) is 1. The van der Waals surface area contributed by atoms with Crippen molar-refractivity contribution in [2.24, 2.45) is 7.05 Å². The first-order chi connectivity index (χ1) is 9.58. The van der Waals surface area contributed by atoms with Crippen LogP contribution in [0.2, 0.25) is 5.02 Å². The van der Waals surface area contributed by atoms with Crippen LogP contribution in [0.1, 0.15) is 35.6 Å². The standard InChI is InChI=1S/C15H21ClN4/c1-5-11-14(16)13(20(4)19-11)9-12(17-3)15-10(2)7-6-8-18-15/h6-8,12,17H,5,9H2,1-4H3. The van der Waals surface area contributed by atoms with Gasteiger partial charge in [-0.1, -0.05) is 24.6 Å². The molecule has 0 aromatic carbocycles. The van der Waals surface area contributed by atoms with Crippen molar-refractivity contribution in [3.05, 3.63) is 46.0 Å². The minimum absolute atomic E-state index is 0.133. The monoisotopic (exact) mass is 292 g/mol. The fraction of sp³-hybridized carbons (Fsp3) is 0.467. The molecule has 0 fully saturated rings. The van der Waals surface area contributed by atoms with Crippen molar-refractivity contribution < 1.29 is 0 Å². The molecule has 0 amide bonds. The minimum atomic E-state index is 0.133. The Hall–Kier alpha value is -1.39. The largest absolute Gasteiger partial charge is 0.311 e. The zero-order valence-electron chi connectivity index (χ0n) is 12.4. The van der Waals surface area contributed by atoms with E-state index in [9.17, 15) is 0 Å². The number of hydrogen-bond acceptors (Lipinski definition) is 3. The van der Waals surface area contributed by atoms with Crippen LogP contribution in [0.15, 0.2) is 18.3 Å². The predicted molar refractivity (Wildman–Crippen MR) is 82.1 cm³/mol.